The van der Waals surface area contributed by atoms with Gasteiger partial charge in [-0.1, -0.05) is 24.3 Å². The summed E-state index contributed by atoms with van der Waals surface area (Å²) in [7, 11) is 0. The predicted molar refractivity (Wildman–Crippen MR) is 136 cm³/mol. The molecule has 4 aromatic rings. The third-order valence-electron chi connectivity index (χ3n) is 5.87. The van der Waals surface area contributed by atoms with Crippen molar-refractivity contribution in [2.75, 3.05) is 4.90 Å². The van der Waals surface area contributed by atoms with Crippen molar-refractivity contribution in [2.24, 2.45) is 0 Å². The summed E-state index contributed by atoms with van der Waals surface area (Å²) in [6, 6.07) is 26.3. The zero-order chi connectivity index (χ0) is 22.8. The minimum Gasteiger partial charge on any atom is -0.457 e. The number of anilines is 1. The first-order valence-electron chi connectivity index (χ1n) is 11.1. The minimum absolute atomic E-state index is 0.0201. The van der Waals surface area contributed by atoms with Crippen LogP contribution >= 0.6 is 12.2 Å². The van der Waals surface area contributed by atoms with Gasteiger partial charge in [-0.3, -0.25) is 4.98 Å². The standard InChI is InChI=1S/C27H26N4OS/c1-19(2)30-17-15-20(18-30)26-25(24-10-6-7-16-28-24)29-27(33)31(26)21-11-13-23(14-12-21)32-22-8-4-3-5-9-22/h3-19,25-26H,1-2H3,(H,29,33)/t25-,26+/m0/s1. The van der Waals surface area contributed by atoms with Crippen molar-refractivity contribution in [3.63, 3.8) is 0 Å². The van der Waals surface area contributed by atoms with E-state index in [0.717, 1.165) is 22.9 Å². The van der Waals surface area contributed by atoms with Crippen LogP contribution in [0, 0.1) is 0 Å². The lowest BCUT2D eigenvalue weighted by Gasteiger charge is -2.27. The maximum Gasteiger partial charge on any atom is 0.174 e. The van der Waals surface area contributed by atoms with E-state index in [2.05, 4.69) is 64.2 Å². The van der Waals surface area contributed by atoms with Crippen molar-refractivity contribution in [3.05, 3.63) is 109 Å². The van der Waals surface area contributed by atoms with E-state index < -0.39 is 0 Å². The third-order valence-corrected chi connectivity index (χ3v) is 6.18. The first kappa shape index (κ1) is 21.2. The lowest BCUT2D eigenvalue weighted by atomic mass is 9.98. The second-order valence-electron chi connectivity index (χ2n) is 8.39. The predicted octanol–water partition coefficient (Wildman–Crippen LogP) is 6.43. The maximum absolute atomic E-state index is 5.97. The maximum atomic E-state index is 5.97. The Kier molecular flexibility index (Phi) is 5.84. The average molecular weight is 455 g/mol. The molecule has 1 N–H and O–H groups in total. The lowest BCUT2D eigenvalue weighted by molar-refractivity contribution is 0.482. The highest BCUT2D eigenvalue weighted by Gasteiger charge is 2.41. The Morgan fingerprint density at radius 2 is 1.64 bits per heavy atom. The van der Waals surface area contributed by atoms with Crippen molar-refractivity contribution in [3.8, 4) is 11.5 Å². The zero-order valence-electron chi connectivity index (χ0n) is 18.6. The van der Waals surface area contributed by atoms with Crippen molar-refractivity contribution in [1.29, 1.82) is 0 Å². The van der Waals surface area contributed by atoms with E-state index in [9.17, 15) is 0 Å². The van der Waals surface area contributed by atoms with Gasteiger partial charge in [0.05, 0.1) is 17.8 Å². The second kappa shape index (κ2) is 9.08. The fourth-order valence-corrected chi connectivity index (χ4v) is 4.54. The molecule has 1 saturated heterocycles. The molecule has 33 heavy (non-hydrogen) atoms. The highest BCUT2D eigenvalue weighted by atomic mass is 32.1. The van der Waals surface area contributed by atoms with Crippen LogP contribution in [0.15, 0.2) is 97.5 Å². The van der Waals surface area contributed by atoms with Crippen molar-refractivity contribution >= 4 is 23.0 Å². The Morgan fingerprint density at radius 3 is 2.30 bits per heavy atom. The summed E-state index contributed by atoms with van der Waals surface area (Å²) in [5.74, 6) is 1.60. The molecule has 0 spiro atoms. The van der Waals surface area contributed by atoms with Gasteiger partial charge in [0.15, 0.2) is 5.11 Å². The first-order chi connectivity index (χ1) is 16.1. The second-order valence-corrected chi connectivity index (χ2v) is 8.78. The molecule has 2 aromatic heterocycles. The normalized spacial score (nSPS) is 17.9. The van der Waals surface area contributed by atoms with E-state index in [0.29, 0.717) is 11.2 Å². The topological polar surface area (TPSA) is 42.3 Å². The number of rotatable bonds is 6. The Labute approximate surface area is 199 Å². The Balaban J connectivity index is 1.49. The van der Waals surface area contributed by atoms with Gasteiger partial charge in [0.2, 0.25) is 0 Å². The van der Waals surface area contributed by atoms with Crippen molar-refractivity contribution < 1.29 is 4.74 Å². The molecular formula is C27H26N4OS. The van der Waals surface area contributed by atoms with Crippen molar-refractivity contribution in [2.45, 2.75) is 32.0 Å². The number of para-hydroxylation sites is 1. The largest absolute Gasteiger partial charge is 0.457 e. The summed E-state index contributed by atoms with van der Waals surface area (Å²) < 4.78 is 8.20. The molecule has 0 saturated carbocycles. The van der Waals surface area contributed by atoms with Crippen LogP contribution in [0.1, 0.15) is 43.2 Å². The Morgan fingerprint density at radius 1 is 0.909 bits per heavy atom. The van der Waals surface area contributed by atoms with Gasteiger partial charge in [-0.15, -0.1) is 0 Å². The van der Waals surface area contributed by atoms with Crippen LogP contribution in [0.2, 0.25) is 0 Å². The molecule has 5 nitrogen and oxygen atoms in total. The molecular weight excluding hydrogens is 428 g/mol. The number of hydrogen-bond donors (Lipinski definition) is 1. The van der Waals surface area contributed by atoms with Gasteiger partial charge in [-0.2, -0.15) is 0 Å². The van der Waals surface area contributed by atoms with E-state index in [4.69, 9.17) is 17.0 Å². The molecule has 2 aromatic carbocycles. The molecule has 0 radical (unpaired) electrons. The molecule has 1 fully saturated rings. The average Bonchev–Trinajstić information content (AvgIpc) is 3.46. The molecule has 166 valence electrons. The molecule has 6 heteroatoms. The summed E-state index contributed by atoms with van der Waals surface area (Å²) in [6.45, 7) is 4.36. The highest BCUT2D eigenvalue weighted by molar-refractivity contribution is 7.80. The highest BCUT2D eigenvalue weighted by Crippen LogP contribution is 2.42. The molecule has 0 bridgehead atoms. The van der Waals surface area contributed by atoms with Crippen LogP contribution in [-0.2, 0) is 0 Å². The lowest BCUT2D eigenvalue weighted by Crippen LogP contribution is -2.29. The van der Waals surface area contributed by atoms with Gasteiger partial charge in [0, 0.05) is 30.3 Å². The number of nitrogens with one attached hydrogen (secondary N) is 1. The number of hydrogen-bond acceptors (Lipinski definition) is 3. The summed E-state index contributed by atoms with van der Waals surface area (Å²) in [6.07, 6.45) is 6.17. The summed E-state index contributed by atoms with van der Waals surface area (Å²) in [5.41, 5.74) is 3.17. The SMILES string of the molecule is CC(C)n1ccc([C@@H]2[C@H](c3ccccn3)NC(=S)N2c2ccc(Oc3ccccc3)cc2)c1. The van der Waals surface area contributed by atoms with E-state index in [1.54, 1.807) is 0 Å². The first-order valence-corrected chi connectivity index (χ1v) is 11.5. The summed E-state index contributed by atoms with van der Waals surface area (Å²) in [4.78, 5) is 6.81. The number of benzene rings is 2. The van der Waals surface area contributed by atoms with Crippen LogP contribution in [0.5, 0.6) is 11.5 Å². The summed E-state index contributed by atoms with van der Waals surface area (Å²) >= 11 is 5.82. The molecule has 1 aliphatic rings. The molecule has 0 unspecified atom stereocenters. The van der Waals surface area contributed by atoms with Gasteiger partial charge in [-0.05, 0) is 86.2 Å². The minimum atomic E-state index is -0.0537. The van der Waals surface area contributed by atoms with Crippen LogP contribution in [0.3, 0.4) is 0 Å². The van der Waals surface area contributed by atoms with Crippen LogP contribution in [0.25, 0.3) is 0 Å². The monoisotopic (exact) mass is 454 g/mol. The zero-order valence-corrected chi connectivity index (χ0v) is 19.4. The number of pyridine rings is 1. The molecule has 3 heterocycles. The third kappa shape index (κ3) is 4.34. The Bertz CT molecular complexity index is 1220. The van der Waals surface area contributed by atoms with E-state index in [-0.39, 0.29) is 12.1 Å². The fourth-order valence-electron chi connectivity index (χ4n) is 4.20. The van der Waals surface area contributed by atoms with E-state index >= 15 is 0 Å². The number of aromatic nitrogens is 2. The number of thiocarbonyl (C=S) groups is 1. The Hall–Kier alpha value is -3.64. The van der Waals surface area contributed by atoms with E-state index in [1.165, 1.54) is 5.56 Å². The van der Waals surface area contributed by atoms with Gasteiger partial charge in [0.1, 0.15) is 11.5 Å². The van der Waals surface area contributed by atoms with Crippen LogP contribution in [0.4, 0.5) is 5.69 Å². The van der Waals surface area contributed by atoms with Gasteiger partial charge in [-0.25, -0.2) is 0 Å². The number of ether oxygens (including phenoxy) is 1. The molecule has 0 amide bonds. The smallest absolute Gasteiger partial charge is 0.174 e. The molecule has 5 rings (SSSR count). The fraction of sp³-hybridized carbons (Fsp3) is 0.185. The van der Waals surface area contributed by atoms with Crippen LogP contribution in [-0.4, -0.2) is 14.7 Å². The quantitative estimate of drug-likeness (QED) is 0.340. The van der Waals surface area contributed by atoms with E-state index in [1.807, 2.05) is 66.9 Å². The van der Waals surface area contributed by atoms with Gasteiger partial charge < -0.3 is 19.5 Å². The summed E-state index contributed by atoms with van der Waals surface area (Å²) in [5, 5.41) is 4.20. The van der Waals surface area contributed by atoms with Gasteiger partial charge >= 0.3 is 0 Å². The van der Waals surface area contributed by atoms with Gasteiger partial charge in [0.25, 0.3) is 0 Å². The van der Waals surface area contributed by atoms with Crippen LogP contribution < -0.4 is 15.0 Å². The molecule has 1 aliphatic heterocycles. The molecule has 2 atom stereocenters. The molecule has 0 aliphatic carbocycles. The number of nitrogens with zero attached hydrogens (tertiary/aromatic N) is 3. The van der Waals surface area contributed by atoms with Crippen molar-refractivity contribution in [1.82, 2.24) is 14.9 Å².